The Morgan fingerprint density at radius 3 is 3.12 bits per heavy atom. The predicted molar refractivity (Wildman–Crippen MR) is 66.7 cm³/mol. The Morgan fingerprint density at radius 2 is 2.41 bits per heavy atom. The van der Waals surface area contributed by atoms with Crippen molar-refractivity contribution in [2.45, 2.75) is 0 Å². The molecule has 84 valence electrons. The highest BCUT2D eigenvalue weighted by Crippen LogP contribution is 2.27. The monoisotopic (exact) mass is 244 g/mol. The van der Waals surface area contributed by atoms with E-state index in [1.54, 1.807) is 18.2 Å². The second kappa shape index (κ2) is 4.63. The van der Waals surface area contributed by atoms with Crippen LogP contribution in [0.5, 0.6) is 0 Å². The standard InChI is InChI=1S/C11H8N4OS/c12-5-7-2-1-3-9-8(7)4-10(17-9)11(16)14-6-15-13/h1-4,6H,13H2,(H,14,15,16). The van der Waals surface area contributed by atoms with E-state index in [2.05, 4.69) is 16.5 Å². The van der Waals surface area contributed by atoms with Crippen molar-refractivity contribution in [3.05, 3.63) is 34.7 Å². The summed E-state index contributed by atoms with van der Waals surface area (Å²) in [5.41, 5.74) is 0.560. The highest BCUT2D eigenvalue weighted by atomic mass is 32.1. The molecule has 0 aliphatic heterocycles. The molecule has 0 atom stereocenters. The highest BCUT2D eigenvalue weighted by Gasteiger charge is 2.11. The number of carbonyl (C=O) groups excluding carboxylic acids is 1. The number of hydrogen-bond donors (Lipinski definition) is 2. The van der Waals surface area contributed by atoms with Gasteiger partial charge in [-0.05, 0) is 18.2 Å². The van der Waals surface area contributed by atoms with Crippen LogP contribution in [-0.2, 0) is 0 Å². The van der Waals surface area contributed by atoms with Gasteiger partial charge < -0.3 is 11.2 Å². The van der Waals surface area contributed by atoms with Crippen molar-refractivity contribution in [2.24, 2.45) is 10.9 Å². The number of carbonyl (C=O) groups is 1. The minimum absolute atomic E-state index is 0.288. The van der Waals surface area contributed by atoms with Gasteiger partial charge in [-0.1, -0.05) is 6.07 Å². The summed E-state index contributed by atoms with van der Waals surface area (Å²) in [4.78, 5) is 12.2. The topological polar surface area (TPSA) is 91.3 Å². The molecule has 0 unspecified atom stereocenters. The van der Waals surface area contributed by atoms with Gasteiger partial charge in [0.1, 0.15) is 6.34 Å². The van der Waals surface area contributed by atoms with Gasteiger partial charge >= 0.3 is 0 Å². The first-order chi connectivity index (χ1) is 8.26. The maximum Gasteiger partial charge on any atom is 0.266 e. The Balaban J connectivity index is 2.45. The molecule has 0 fully saturated rings. The Labute approximate surface area is 101 Å². The van der Waals surface area contributed by atoms with E-state index in [1.807, 2.05) is 6.07 Å². The third-order valence-corrected chi connectivity index (χ3v) is 3.27. The Bertz CT molecular complexity index is 638. The van der Waals surface area contributed by atoms with Gasteiger partial charge in [-0.15, -0.1) is 11.3 Å². The smallest absolute Gasteiger partial charge is 0.266 e. The predicted octanol–water partition coefficient (Wildman–Crippen LogP) is 1.40. The number of thiophene rings is 1. The van der Waals surface area contributed by atoms with E-state index in [4.69, 9.17) is 11.1 Å². The molecule has 1 amide bonds. The number of nitrogens with two attached hydrogens (primary N) is 1. The molecule has 0 radical (unpaired) electrons. The summed E-state index contributed by atoms with van der Waals surface area (Å²) in [5.74, 6) is 4.60. The number of amides is 1. The summed E-state index contributed by atoms with van der Waals surface area (Å²) in [7, 11) is 0. The van der Waals surface area contributed by atoms with Crippen LogP contribution in [0.3, 0.4) is 0 Å². The molecule has 1 aromatic heterocycles. The minimum Gasteiger partial charge on any atom is -0.322 e. The molecule has 0 aliphatic rings. The molecular formula is C11H8N4OS. The van der Waals surface area contributed by atoms with E-state index < -0.39 is 0 Å². The lowest BCUT2D eigenvalue weighted by molar-refractivity contribution is 0.0982. The van der Waals surface area contributed by atoms with Crippen LogP contribution >= 0.6 is 11.3 Å². The zero-order chi connectivity index (χ0) is 12.3. The molecule has 1 heterocycles. The number of nitrogens with zero attached hydrogens (tertiary/aromatic N) is 2. The molecule has 3 N–H and O–H groups in total. The van der Waals surface area contributed by atoms with Crippen LogP contribution in [0.15, 0.2) is 29.4 Å². The third-order valence-electron chi connectivity index (χ3n) is 2.18. The molecule has 5 nitrogen and oxygen atoms in total. The van der Waals surface area contributed by atoms with Crippen molar-refractivity contribution in [3.8, 4) is 6.07 Å². The first kappa shape index (κ1) is 11.1. The van der Waals surface area contributed by atoms with E-state index in [-0.39, 0.29) is 5.91 Å². The number of benzene rings is 1. The van der Waals surface area contributed by atoms with Gasteiger partial charge in [0, 0.05) is 10.1 Å². The van der Waals surface area contributed by atoms with Gasteiger partial charge in [0.25, 0.3) is 5.91 Å². The van der Waals surface area contributed by atoms with E-state index >= 15 is 0 Å². The maximum absolute atomic E-state index is 11.6. The van der Waals surface area contributed by atoms with Crippen LogP contribution in [0.1, 0.15) is 15.2 Å². The van der Waals surface area contributed by atoms with Gasteiger partial charge in [-0.2, -0.15) is 10.4 Å². The molecule has 0 saturated heterocycles. The highest BCUT2D eigenvalue weighted by molar-refractivity contribution is 7.20. The van der Waals surface area contributed by atoms with Crippen molar-refractivity contribution < 1.29 is 4.79 Å². The summed E-state index contributed by atoms with van der Waals surface area (Å²) in [5, 5.41) is 15.3. The van der Waals surface area contributed by atoms with Crippen LogP contribution in [-0.4, -0.2) is 12.2 Å². The number of nitriles is 1. The molecule has 17 heavy (non-hydrogen) atoms. The zero-order valence-corrected chi connectivity index (χ0v) is 9.49. The fourth-order valence-corrected chi connectivity index (χ4v) is 2.43. The molecule has 0 bridgehead atoms. The van der Waals surface area contributed by atoms with Gasteiger partial charge in [0.2, 0.25) is 0 Å². The second-order valence-electron chi connectivity index (χ2n) is 3.19. The number of fused-ring (bicyclic) bond motifs is 1. The summed E-state index contributed by atoms with van der Waals surface area (Å²) in [6, 6.07) is 9.17. The van der Waals surface area contributed by atoms with Crippen LogP contribution in [0.4, 0.5) is 0 Å². The SMILES string of the molecule is N#Cc1cccc2sc(C(=O)NC=NN)cc12. The molecule has 1 aromatic carbocycles. The average Bonchev–Trinajstić information content (AvgIpc) is 2.79. The third kappa shape index (κ3) is 2.09. The lowest BCUT2D eigenvalue weighted by atomic mass is 10.1. The quantitative estimate of drug-likeness (QED) is 0.362. The van der Waals surface area contributed by atoms with Crippen molar-refractivity contribution in [2.75, 3.05) is 0 Å². The van der Waals surface area contributed by atoms with Gasteiger partial charge in [-0.3, -0.25) is 4.79 Å². The van der Waals surface area contributed by atoms with E-state index in [0.29, 0.717) is 10.4 Å². The van der Waals surface area contributed by atoms with Crippen molar-refractivity contribution >= 4 is 33.7 Å². The normalized spacial score (nSPS) is 10.5. The minimum atomic E-state index is -0.288. The van der Waals surface area contributed by atoms with Crippen LogP contribution in [0.25, 0.3) is 10.1 Å². The molecule has 2 aromatic rings. The van der Waals surface area contributed by atoms with Gasteiger partial charge in [0.05, 0.1) is 16.5 Å². The lowest BCUT2D eigenvalue weighted by Crippen LogP contribution is -2.20. The molecular weight excluding hydrogens is 236 g/mol. The van der Waals surface area contributed by atoms with Gasteiger partial charge in [-0.25, -0.2) is 0 Å². The first-order valence-corrected chi connectivity index (χ1v) is 5.53. The van der Waals surface area contributed by atoms with Crippen molar-refractivity contribution in [1.82, 2.24) is 5.32 Å². The van der Waals surface area contributed by atoms with Crippen LogP contribution in [0.2, 0.25) is 0 Å². The van der Waals surface area contributed by atoms with Crippen molar-refractivity contribution in [3.63, 3.8) is 0 Å². The number of hydrazone groups is 1. The number of nitrogens with one attached hydrogen (secondary N) is 1. The second-order valence-corrected chi connectivity index (χ2v) is 4.28. The molecule has 0 aliphatic carbocycles. The zero-order valence-electron chi connectivity index (χ0n) is 8.68. The Morgan fingerprint density at radius 1 is 1.59 bits per heavy atom. The molecule has 6 heteroatoms. The fourth-order valence-electron chi connectivity index (χ4n) is 1.44. The summed E-state index contributed by atoms with van der Waals surface area (Å²) >= 11 is 1.32. The molecule has 2 rings (SSSR count). The molecule has 0 spiro atoms. The van der Waals surface area contributed by atoms with E-state index in [1.165, 1.54) is 11.3 Å². The van der Waals surface area contributed by atoms with Crippen LogP contribution in [0, 0.1) is 11.3 Å². The Kier molecular flexibility index (Phi) is 3.03. The Hall–Kier alpha value is -2.39. The molecule has 0 saturated carbocycles. The fraction of sp³-hybridized carbons (Fsp3) is 0. The first-order valence-electron chi connectivity index (χ1n) is 4.71. The summed E-state index contributed by atoms with van der Waals surface area (Å²) < 4.78 is 0.902. The maximum atomic E-state index is 11.6. The van der Waals surface area contributed by atoms with E-state index in [0.717, 1.165) is 16.4 Å². The lowest BCUT2D eigenvalue weighted by Gasteiger charge is -1.92. The van der Waals surface area contributed by atoms with Crippen LogP contribution < -0.4 is 11.2 Å². The van der Waals surface area contributed by atoms with Gasteiger partial charge in [0.15, 0.2) is 0 Å². The summed E-state index contributed by atoms with van der Waals surface area (Å²) in [6.07, 6.45) is 1.12. The number of hydrogen-bond acceptors (Lipinski definition) is 5. The summed E-state index contributed by atoms with van der Waals surface area (Å²) in [6.45, 7) is 0. The number of rotatable bonds is 2. The average molecular weight is 244 g/mol. The van der Waals surface area contributed by atoms with E-state index in [9.17, 15) is 4.79 Å². The largest absolute Gasteiger partial charge is 0.322 e. The van der Waals surface area contributed by atoms with Crippen molar-refractivity contribution in [1.29, 1.82) is 5.26 Å².